The monoisotopic (exact) mass is 259 g/mol. The minimum Gasteiger partial charge on any atom is -0.382 e. The summed E-state index contributed by atoms with van der Waals surface area (Å²) in [4.78, 5) is 15.1. The van der Waals surface area contributed by atoms with Crippen molar-refractivity contribution in [2.75, 3.05) is 6.54 Å². The van der Waals surface area contributed by atoms with Crippen molar-refractivity contribution in [2.24, 2.45) is 5.73 Å². The van der Waals surface area contributed by atoms with Gasteiger partial charge in [-0.1, -0.05) is 12.1 Å². The number of primary amides is 1. The van der Waals surface area contributed by atoms with Crippen LogP contribution in [0.4, 0.5) is 0 Å². The summed E-state index contributed by atoms with van der Waals surface area (Å²) in [7, 11) is 0. The number of nitrogens with two attached hydrogens (primary N) is 1. The molecular weight excluding hydrogens is 242 g/mol. The molecule has 2 aromatic rings. The Labute approximate surface area is 111 Å². The molecule has 1 aromatic heterocycles. The molecular formula is C14H17N3O2. The van der Waals surface area contributed by atoms with Crippen LogP contribution in [0.2, 0.25) is 0 Å². The molecule has 2 rings (SSSR count). The summed E-state index contributed by atoms with van der Waals surface area (Å²) >= 11 is 0. The van der Waals surface area contributed by atoms with E-state index in [9.17, 15) is 9.90 Å². The Morgan fingerprint density at radius 1 is 1.42 bits per heavy atom. The molecule has 0 fully saturated rings. The molecule has 0 spiro atoms. The summed E-state index contributed by atoms with van der Waals surface area (Å²) in [6.45, 7) is 2.67. The second-order valence-electron chi connectivity index (χ2n) is 4.53. The Morgan fingerprint density at radius 2 is 2.21 bits per heavy atom. The number of carbonyl (C=O) groups excluding carboxylic acids is 1. The van der Waals surface area contributed by atoms with Gasteiger partial charge in [-0.2, -0.15) is 0 Å². The molecule has 1 unspecified atom stereocenters. The minimum absolute atomic E-state index is 0.152. The number of aryl methyl sites for hydroxylation is 1. The normalized spacial score (nSPS) is 12.5. The molecule has 1 heterocycles. The van der Waals surface area contributed by atoms with Gasteiger partial charge in [-0.05, 0) is 30.7 Å². The zero-order chi connectivity index (χ0) is 13.8. The largest absolute Gasteiger partial charge is 0.382 e. The third-order valence-electron chi connectivity index (χ3n) is 2.89. The Kier molecular flexibility index (Phi) is 4.09. The van der Waals surface area contributed by atoms with Gasteiger partial charge in [-0.3, -0.25) is 9.78 Å². The van der Waals surface area contributed by atoms with Gasteiger partial charge in [-0.15, -0.1) is 0 Å². The number of carbonyl (C=O) groups is 1. The average molecular weight is 259 g/mol. The summed E-state index contributed by atoms with van der Waals surface area (Å²) in [5, 5.41) is 13.3. The number of nitrogens with one attached hydrogen (secondary N) is 1. The number of benzene rings is 1. The predicted octanol–water partition coefficient (Wildman–Crippen LogP) is 0.479. The first-order valence-electron chi connectivity index (χ1n) is 6.10. The molecule has 4 N–H and O–H groups in total. The third kappa shape index (κ3) is 3.49. The van der Waals surface area contributed by atoms with E-state index in [-0.39, 0.29) is 6.54 Å². The number of pyridine rings is 1. The van der Waals surface area contributed by atoms with Crippen LogP contribution in [0.1, 0.15) is 11.3 Å². The summed E-state index contributed by atoms with van der Waals surface area (Å²) in [6.07, 6.45) is -1.15. The molecule has 0 aliphatic rings. The Bertz CT molecular complexity index is 598. The summed E-state index contributed by atoms with van der Waals surface area (Å²) < 4.78 is 0. The van der Waals surface area contributed by atoms with Crippen LogP contribution in [0.5, 0.6) is 0 Å². The lowest BCUT2D eigenvalue weighted by Gasteiger charge is -2.09. The molecule has 1 aromatic carbocycles. The summed E-state index contributed by atoms with van der Waals surface area (Å²) in [6, 6.07) is 9.96. The van der Waals surface area contributed by atoms with Gasteiger partial charge < -0.3 is 16.2 Å². The van der Waals surface area contributed by atoms with E-state index < -0.39 is 12.0 Å². The minimum atomic E-state index is -1.15. The fraction of sp³-hybridized carbons (Fsp3) is 0.286. The topological polar surface area (TPSA) is 88.2 Å². The maximum absolute atomic E-state index is 10.7. The predicted molar refractivity (Wildman–Crippen MR) is 73.4 cm³/mol. The standard InChI is InChI=1S/C14H17N3O2/c1-9-2-4-11-6-10(3-5-12(11)17-9)7-16-8-13(18)14(15)19/h2-6,13,16,18H,7-8H2,1H3,(H2,15,19). The maximum atomic E-state index is 10.7. The van der Waals surface area contributed by atoms with Crippen LogP contribution in [-0.2, 0) is 11.3 Å². The summed E-state index contributed by atoms with van der Waals surface area (Å²) in [5.41, 5.74) is 7.98. The van der Waals surface area contributed by atoms with Crippen molar-refractivity contribution in [3.05, 3.63) is 41.6 Å². The maximum Gasteiger partial charge on any atom is 0.247 e. The van der Waals surface area contributed by atoms with Gasteiger partial charge in [0, 0.05) is 24.2 Å². The molecule has 0 bridgehead atoms. The van der Waals surface area contributed by atoms with Crippen LogP contribution in [0.3, 0.4) is 0 Å². The van der Waals surface area contributed by atoms with E-state index in [1.54, 1.807) is 0 Å². The molecule has 5 nitrogen and oxygen atoms in total. The van der Waals surface area contributed by atoms with Gasteiger partial charge >= 0.3 is 0 Å². The van der Waals surface area contributed by atoms with Crippen LogP contribution in [0.15, 0.2) is 30.3 Å². The van der Waals surface area contributed by atoms with E-state index in [0.717, 1.165) is 22.2 Å². The number of rotatable bonds is 5. The van der Waals surface area contributed by atoms with Gasteiger partial charge in [0.15, 0.2) is 0 Å². The Balaban J connectivity index is 2.02. The number of aromatic nitrogens is 1. The van der Waals surface area contributed by atoms with Crippen LogP contribution >= 0.6 is 0 Å². The first kappa shape index (κ1) is 13.5. The quantitative estimate of drug-likeness (QED) is 0.728. The van der Waals surface area contributed by atoms with E-state index in [0.29, 0.717) is 6.54 Å². The highest BCUT2D eigenvalue weighted by Gasteiger charge is 2.09. The SMILES string of the molecule is Cc1ccc2cc(CNCC(O)C(N)=O)ccc2n1. The van der Waals surface area contributed by atoms with Crippen molar-refractivity contribution in [3.8, 4) is 0 Å². The first-order valence-corrected chi connectivity index (χ1v) is 6.10. The highest BCUT2D eigenvalue weighted by atomic mass is 16.3. The van der Waals surface area contributed by atoms with Crippen molar-refractivity contribution in [3.63, 3.8) is 0 Å². The highest BCUT2D eigenvalue weighted by Crippen LogP contribution is 2.14. The number of hydrogen-bond acceptors (Lipinski definition) is 4. The molecule has 0 aliphatic carbocycles. The second kappa shape index (κ2) is 5.77. The molecule has 5 heteroatoms. The molecule has 0 saturated heterocycles. The highest BCUT2D eigenvalue weighted by molar-refractivity contribution is 5.79. The lowest BCUT2D eigenvalue weighted by atomic mass is 10.1. The zero-order valence-corrected chi connectivity index (χ0v) is 10.8. The smallest absolute Gasteiger partial charge is 0.247 e. The van der Waals surface area contributed by atoms with E-state index in [1.165, 1.54) is 0 Å². The van der Waals surface area contributed by atoms with E-state index in [2.05, 4.69) is 10.3 Å². The van der Waals surface area contributed by atoms with Crippen molar-refractivity contribution in [2.45, 2.75) is 19.6 Å². The van der Waals surface area contributed by atoms with Crippen LogP contribution in [0.25, 0.3) is 10.9 Å². The zero-order valence-electron chi connectivity index (χ0n) is 10.8. The lowest BCUT2D eigenvalue weighted by molar-refractivity contribution is -0.125. The van der Waals surface area contributed by atoms with Crippen molar-refractivity contribution in [1.29, 1.82) is 0 Å². The van der Waals surface area contributed by atoms with Gasteiger partial charge in [0.1, 0.15) is 6.10 Å². The average Bonchev–Trinajstić information content (AvgIpc) is 2.38. The number of fused-ring (bicyclic) bond motifs is 1. The number of aliphatic hydroxyl groups excluding tert-OH is 1. The van der Waals surface area contributed by atoms with Crippen molar-refractivity contribution >= 4 is 16.8 Å². The molecule has 1 atom stereocenters. The van der Waals surface area contributed by atoms with E-state index >= 15 is 0 Å². The Morgan fingerprint density at radius 3 is 2.95 bits per heavy atom. The van der Waals surface area contributed by atoms with Crippen LogP contribution < -0.4 is 11.1 Å². The summed E-state index contributed by atoms with van der Waals surface area (Å²) in [5.74, 6) is -0.717. The number of amides is 1. The lowest BCUT2D eigenvalue weighted by Crippen LogP contribution is -2.37. The number of aliphatic hydroxyl groups is 1. The van der Waals surface area contributed by atoms with Gasteiger partial charge in [0.25, 0.3) is 0 Å². The van der Waals surface area contributed by atoms with Crippen molar-refractivity contribution < 1.29 is 9.90 Å². The van der Waals surface area contributed by atoms with Crippen LogP contribution in [0, 0.1) is 6.92 Å². The second-order valence-corrected chi connectivity index (χ2v) is 4.53. The fourth-order valence-electron chi connectivity index (χ4n) is 1.84. The third-order valence-corrected chi connectivity index (χ3v) is 2.89. The first-order chi connectivity index (χ1) is 9.06. The molecule has 1 amide bonds. The van der Waals surface area contributed by atoms with Crippen LogP contribution in [-0.4, -0.2) is 28.6 Å². The fourth-order valence-corrected chi connectivity index (χ4v) is 1.84. The van der Waals surface area contributed by atoms with Gasteiger partial charge in [0.05, 0.1) is 5.52 Å². The van der Waals surface area contributed by atoms with Gasteiger partial charge in [-0.25, -0.2) is 0 Å². The van der Waals surface area contributed by atoms with E-state index in [1.807, 2.05) is 37.3 Å². The molecule has 100 valence electrons. The number of nitrogens with zero attached hydrogens (tertiary/aromatic N) is 1. The molecule has 0 aliphatic heterocycles. The van der Waals surface area contributed by atoms with Gasteiger partial charge in [0.2, 0.25) is 5.91 Å². The molecule has 19 heavy (non-hydrogen) atoms. The number of hydrogen-bond donors (Lipinski definition) is 3. The van der Waals surface area contributed by atoms with Crippen molar-refractivity contribution in [1.82, 2.24) is 10.3 Å². The van der Waals surface area contributed by atoms with E-state index in [4.69, 9.17) is 5.73 Å². The molecule has 0 radical (unpaired) electrons. The Hall–Kier alpha value is -1.98. The molecule has 0 saturated carbocycles.